The molecule has 0 saturated carbocycles. The number of nitrogens with zero attached hydrogens (tertiary/aromatic N) is 3. The number of hydrazone groups is 1. The zero-order valence-corrected chi connectivity index (χ0v) is 11.3. The van der Waals surface area contributed by atoms with E-state index in [-0.39, 0.29) is 11.3 Å². The summed E-state index contributed by atoms with van der Waals surface area (Å²) in [6.45, 7) is 0. The Morgan fingerprint density at radius 2 is 1.91 bits per heavy atom. The van der Waals surface area contributed by atoms with Crippen LogP contribution in [0.15, 0.2) is 53.6 Å². The molecule has 2 aromatic rings. The third kappa shape index (κ3) is 3.52. The largest absolute Gasteiger partial charge is 0.282 e. The predicted molar refractivity (Wildman–Crippen MR) is 79.3 cm³/mol. The van der Waals surface area contributed by atoms with Crippen molar-refractivity contribution in [3.8, 4) is 6.07 Å². The van der Waals surface area contributed by atoms with E-state index in [1.54, 1.807) is 24.3 Å². The lowest BCUT2D eigenvalue weighted by Crippen LogP contribution is -2.18. The first kappa shape index (κ1) is 14.9. The molecule has 0 aliphatic carbocycles. The second-order valence-corrected chi connectivity index (χ2v) is 4.21. The minimum absolute atomic E-state index is 0.0653. The third-order valence-corrected chi connectivity index (χ3v) is 2.76. The van der Waals surface area contributed by atoms with Crippen LogP contribution in [0.5, 0.6) is 0 Å². The molecule has 0 heterocycles. The van der Waals surface area contributed by atoms with Crippen molar-refractivity contribution in [1.82, 2.24) is 5.43 Å². The zero-order chi connectivity index (χ0) is 15.9. The van der Waals surface area contributed by atoms with Crippen LogP contribution < -0.4 is 5.43 Å². The van der Waals surface area contributed by atoms with Gasteiger partial charge in [0, 0.05) is 6.07 Å². The number of nitro benzene ring substituents is 1. The molecule has 1 amide bonds. The Morgan fingerprint density at radius 3 is 2.55 bits per heavy atom. The lowest BCUT2D eigenvalue weighted by Gasteiger charge is -2.01. The average molecular weight is 294 g/mol. The van der Waals surface area contributed by atoms with E-state index in [9.17, 15) is 14.9 Å². The molecule has 2 rings (SSSR count). The molecule has 0 spiro atoms. The Morgan fingerprint density at radius 1 is 1.23 bits per heavy atom. The molecule has 22 heavy (non-hydrogen) atoms. The number of benzene rings is 2. The second-order valence-electron chi connectivity index (χ2n) is 4.21. The summed E-state index contributed by atoms with van der Waals surface area (Å²) >= 11 is 0. The summed E-state index contributed by atoms with van der Waals surface area (Å²) in [6.07, 6.45) is 1.38. The van der Waals surface area contributed by atoms with Crippen LogP contribution in [0, 0.1) is 21.4 Å². The Balaban J connectivity index is 2.08. The summed E-state index contributed by atoms with van der Waals surface area (Å²) in [5.41, 5.74) is 3.08. The zero-order valence-electron chi connectivity index (χ0n) is 11.3. The Bertz CT molecular complexity index is 776. The lowest BCUT2D eigenvalue weighted by molar-refractivity contribution is -0.385. The summed E-state index contributed by atoms with van der Waals surface area (Å²) in [5, 5.41) is 23.3. The standard InChI is InChI=1S/C15H10N4O3/c16-9-11-5-7-12(8-6-11)10-17-18-15(20)13-3-1-2-4-14(13)19(21)22/h1-8,10H,(H,18,20)/b17-10-. The number of nitrogens with one attached hydrogen (secondary N) is 1. The number of para-hydroxylation sites is 1. The van der Waals surface area contributed by atoms with E-state index in [0.29, 0.717) is 11.1 Å². The van der Waals surface area contributed by atoms with Gasteiger partial charge in [0.2, 0.25) is 0 Å². The number of amides is 1. The van der Waals surface area contributed by atoms with Crippen molar-refractivity contribution in [3.63, 3.8) is 0 Å². The highest BCUT2D eigenvalue weighted by molar-refractivity contribution is 5.98. The fourth-order valence-corrected chi connectivity index (χ4v) is 1.69. The van der Waals surface area contributed by atoms with Crippen molar-refractivity contribution in [1.29, 1.82) is 5.26 Å². The molecule has 108 valence electrons. The first-order valence-electron chi connectivity index (χ1n) is 6.19. The summed E-state index contributed by atoms with van der Waals surface area (Å²) in [6, 6.07) is 14.2. The summed E-state index contributed by atoms with van der Waals surface area (Å²) in [7, 11) is 0. The molecular formula is C15H10N4O3. The van der Waals surface area contributed by atoms with Gasteiger partial charge in [0.25, 0.3) is 11.6 Å². The number of carbonyl (C=O) groups is 1. The minimum Gasteiger partial charge on any atom is -0.267 e. The second kappa shape index (κ2) is 6.76. The fraction of sp³-hybridized carbons (Fsp3) is 0. The molecule has 0 bridgehead atoms. The van der Waals surface area contributed by atoms with E-state index >= 15 is 0 Å². The highest BCUT2D eigenvalue weighted by Gasteiger charge is 2.18. The molecule has 0 unspecified atom stereocenters. The van der Waals surface area contributed by atoms with Gasteiger partial charge in [-0.25, -0.2) is 5.43 Å². The molecule has 0 aliphatic rings. The van der Waals surface area contributed by atoms with E-state index in [4.69, 9.17) is 5.26 Å². The van der Waals surface area contributed by atoms with Crippen molar-refractivity contribution in [2.45, 2.75) is 0 Å². The Labute approximate surface area is 125 Å². The van der Waals surface area contributed by atoms with Gasteiger partial charge in [0.05, 0.1) is 22.8 Å². The molecular weight excluding hydrogens is 284 g/mol. The number of nitriles is 1. The molecule has 0 saturated heterocycles. The first-order valence-corrected chi connectivity index (χ1v) is 6.19. The van der Waals surface area contributed by atoms with Gasteiger partial charge in [-0.2, -0.15) is 10.4 Å². The number of rotatable bonds is 4. The maximum atomic E-state index is 11.9. The monoisotopic (exact) mass is 294 g/mol. The van der Waals surface area contributed by atoms with Crippen molar-refractivity contribution < 1.29 is 9.72 Å². The van der Waals surface area contributed by atoms with Gasteiger partial charge in [0.1, 0.15) is 5.56 Å². The quantitative estimate of drug-likeness (QED) is 0.529. The Kier molecular flexibility index (Phi) is 4.57. The van der Waals surface area contributed by atoms with E-state index in [1.165, 1.54) is 30.5 Å². The van der Waals surface area contributed by atoms with Gasteiger partial charge in [-0.15, -0.1) is 0 Å². The maximum absolute atomic E-state index is 11.9. The number of nitro groups is 1. The van der Waals surface area contributed by atoms with Crippen molar-refractivity contribution in [2.24, 2.45) is 5.10 Å². The smallest absolute Gasteiger partial charge is 0.267 e. The molecule has 1 N–H and O–H groups in total. The van der Waals surface area contributed by atoms with Gasteiger partial charge in [-0.05, 0) is 23.8 Å². The van der Waals surface area contributed by atoms with Gasteiger partial charge < -0.3 is 0 Å². The minimum atomic E-state index is -0.669. The van der Waals surface area contributed by atoms with Crippen LogP contribution in [0.3, 0.4) is 0 Å². The highest BCUT2D eigenvalue weighted by Crippen LogP contribution is 2.17. The Hall–Kier alpha value is -3.53. The molecule has 0 aliphatic heterocycles. The normalized spacial score (nSPS) is 10.1. The predicted octanol–water partition coefficient (Wildman–Crippen LogP) is 2.23. The van der Waals surface area contributed by atoms with Crippen LogP contribution in [0.2, 0.25) is 0 Å². The molecule has 0 fully saturated rings. The van der Waals surface area contributed by atoms with Crippen LogP contribution in [-0.2, 0) is 0 Å². The van der Waals surface area contributed by atoms with Gasteiger partial charge in [0.15, 0.2) is 0 Å². The topological polar surface area (TPSA) is 108 Å². The average Bonchev–Trinajstić information content (AvgIpc) is 2.55. The number of carbonyl (C=O) groups excluding carboxylic acids is 1. The molecule has 0 radical (unpaired) electrons. The van der Waals surface area contributed by atoms with E-state index in [2.05, 4.69) is 10.5 Å². The first-order chi connectivity index (χ1) is 10.6. The lowest BCUT2D eigenvalue weighted by atomic mass is 10.1. The molecule has 0 atom stereocenters. The van der Waals surface area contributed by atoms with E-state index in [1.807, 2.05) is 6.07 Å². The molecule has 7 nitrogen and oxygen atoms in total. The van der Waals surface area contributed by atoms with E-state index in [0.717, 1.165) is 0 Å². The van der Waals surface area contributed by atoms with Crippen molar-refractivity contribution in [2.75, 3.05) is 0 Å². The SMILES string of the molecule is N#Cc1ccc(/C=N\NC(=O)c2ccccc2[N+](=O)[O-])cc1. The molecule has 7 heteroatoms. The summed E-state index contributed by atoms with van der Waals surface area (Å²) in [4.78, 5) is 22.1. The highest BCUT2D eigenvalue weighted by atomic mass is 16.6. The maximum Gasteiger partial charge on any atom is 0.282 e. The molecule has 2 aromatic carbocycles. The third-order valence-electron chi connectivity index (χ3n) is 2.76. The van der Waals surface area contributed by atoms with E-state index < -0.39 is 10.8 Å². The summed E-state index contributed by atoms with van der Waals surface area (Å²) < 4.78 is 0. The van der Waals surface area contributed by atoms with Crippen LogP contribution in [-0.4, -0.2) is 17.0 Å². The van der Waals surface area contributed by atoms with Gasteiger partial charge in [-0.1, -0.05) is 24.3 Å². The van der Waals surface area contributed by atoms with Gasteiger partial charge >= 0.3 is 0 Å². The van der Waals surface area contributed by atoms with Crippen LogP contribution in [0.25, 0.3) is 0 Å². The van der Waals surface area contributed by atoms with Crippen LogP contribution >= 0.6 is 0 Å². The van der Waals surface area contributed by atoms with Crippen molar-refractivity contribution in [3.05, 3.63) is 75.3 Å². The molecule has 0 aromatic heterocycles. The fourth-order valence-electron chi connectivity index (χ4n) is 1.69. The van der Waals surface area contributed by atoms with Crippen LogP contribution in [0.1, 0.15) is 21.5 Å². The van der Waals surface area contributed by atoms with Gasteiger partial charge in [-0.3, -0.25) is 14.9 Å². The van der Waals surface area contributed by atoms with Crippen LogP contribution in [0.4, 0.5) is 5.69 Å². The summed E-state index contributed by atoms with van der Waals surface area (Å²) in [5.74, 6) is -0.669. The van der Waals surface area contributed by atoms with Crippen molar-refractivity contribution >= 4 is 17.8 Å². The number of hydrogen-bond acceptors (Lipinski definition) is 5. The number of hydrogen-bond donors (Lipinski definition) is 1.